The van der Waals surface area contributed by atoms with Crippen molar-refractivity contribution in [3.63, 3.8) is 0 Å². The van der Waals surface area contributed by atoms with E-state index in [1.54, 1.807) is 0 Å². The van der Waals surface area contributed by atoms with Gasteiger partial charge in [0.25, 0.3) is 0 Å². The molecule has 2 amide bonds. The van der Waals surface area contributed by atoms with Crippen LogP contribution in [0, 0.1) is 0 Å². The van der Waals surface area contributed by atoms with Crippen LogP contribution >= 0.6 is 0 Å². The van der Waals surface area contributed by atoms with Crippen molar-refractivity contribution in [2.24, 2.45) is 0 Å². The van der Waals surface area contributed by atoms with Crippen molar-refractivity contribution in [1.29, 1.82) is 0 Å². The summed E-state index contributed by atoms with van der Waals surface area (Å²) in [6.07, 6.45) is 3.18. The van der Waals surface area contributed by atoms with E-state index in [0.717, 1.165) is 12.8 Å². The van der Waals surface area contributed by atoms with Crippen molar-refractivity contribution in [1.82, 2.24) is 10.6 Å². The monoisotopic (exact) mass is 276 g/mol. The van der Waals surface area contributed by atoms with Gasteiger partial charge in [-0.3, -0.25) is 4.79 Å². The van der Waals surface area contributed by atoms with Gasteiger partial charge in [0, 0.05) is 19.0 Å². The summed E-state index contributed by atoms with van der Waals surface area (Å²) in [5.74, 6) is -0.793. The van der Waals surface area contributed by atoms with Crippen LogP contribution < -0.4 is 10.6 Å². The number of nitrogens with one attached hydrogen (secondary N) is 2. The number of hydrogen-bond donors (Lipinski definition) is 3. The van der Waals surface area contributed by atoms with Gasteiger partial charge >= 0.3 is 12.0 Å². The van der Waals surface area contributed by atoms with Gasteiger partial charge in [-0.15, -0.1) is 0 Å². The molecule has 5 heteroatoms. The molecule has 0 aliphatic heterocycles. The lowest BCUT2D eigenvalue weighted by molar-refractivity contribution is -0.137. The van der Waals surface area contributed by atoms with Crippen molar-refractivity contribution in [2.45, 2.75) is 38.1 Å². The molecule has 0 atom stereocenters. The van der Waals surface area contributed by atoms with Crippen LogP contribution in [0.15, 0.2) is 24.3 Å². The number of carboxylic acids is 1. The van der Waals surface area contributed by atoms with Gasteiger partial charge < -0.3 is 15.7 Å². The second kappa shape index (κ2) is 6.93. The summed E-state index contributed by atoms with van der Waals surface area (Å²) in [7, 11) is 0. The van der Waals surface area contributed by atoms with E-state index in [-0.39, 0.29) is 18.5 Å². The zero-order valence-corrected chi connectivity index (χ0v) is 11.4. The number of aliphatic carboxylic acids is 1. The van der Waals surface area contributed by atoms with Crippen molar-refractivity contribution < 1.29 is 14.7 Å². The molecule has 2 rings (SSSR count). The fourth-order valence-electron chi connectivity index (χ4n) is 2.50. The molecule has 1 aliphatic rings. The molecule has 0 unspecified atom stereocenters. The molecule has 0 radical (unpaired) electrons. The van der Waals surface area contributed by atoms with E-state index in [0.29, 0.717) is 19.4 Å². The summed E-state index contributed by atoms with van der Waals surface area (Å²) >= 11 is 0. The van der Waals surface area contributed by atoms with Crippen LogP contribution in [0.3, 0.4) is 0 Å². The molecule has 5 nitrogen and oxygen atoms in total. The summed E-state index contributed by atoms with van der Waals surface area (Å²) in [4.78, 5) is 22.0. The van der Waals surface area contributed by atoms with Gasteiger partial charge in [0.2, 0.25) is 0 Å². The number of fused-ring (bicyclic) bond motifs is 1. The number of carboxylic acid groups (broad SMARTS) is 1. The SMILES string of the molecule is O=C(O)CCCCNC(=O)NC1Cc2ccccc2C1. The number of carbonyl (C=O) groups excluding carboxylic acids is 1. The zero-order valence-electron chi connectivity index (χ0n) is 11.4. The van der Waals surface area contributed by atoms with Crippen LogP contribution in [0.2, 0.25) is 0 Å². The quantitative estimate of drug-likeness (QED) is 0.692. The van der Waals surface area contributed by atoms with E-state index >= 15 is 0 Å². The highest BCUT2D eigenvalue weighted by atomic mass is 16.4. The summed E-state index contributed by atoms with van der Waals surface area (Å²) in [6, 6.07) is 8.22. The third-order valence-electron chi connectivity index (χ3n) is 3.49. The lowest BCUT2D eigenvalue weighted by Gasteiger charge is -2.12. The lowest BCUT2D eigenvalue weighted by Crippen LogP contribution is -2.42. The lowest BCUT2D eigenvalue weighted by atomic mass is 10.1. The standard InChI is InChI=1S/C15H20N2O3/c18-14(19)7-3-4-8-16-15(20)17-13-9-11-5-1-2-6-12(11)10-13/h1-2,5-6,13H,3-4,7-10H2,(H,18,19)(H2,16,17,20). The molecule has 3 N–H and O–H groups in total. The second-order valence-corrected chi connectivity index (χ2v) is 5.12. The third-order valence-corrected chi connectivity index (χ3v) is 3.49. The molecule has 20 heavy (non-hydrogen) atoms. The molecule has 0 aromatic heterocycles. The van der Waals surface area contributed by atoms with Crippen LogP contribution in [-0.2, 0) is 17.6 Å². The molecular weight excluding hydrogens is 256 g/mol. The van der Waals surface area contributed by atoms with Gasteiger partial charge in [-0.05, 0) is 36.8 Å². The van der Waals surface area contributed by atoms with Crippen LogP contribution in [0.5, 0.6) is 0 Å². The van der Waals surface area contributed by atoms with E-state index < -0.39 is 5.97 Å². The van der Waals surface area contributed by atoms with Crippen molar-refractivity contribution in [2.75, 3.05) is 6.54 Å². The fraction of sp³-hybridized carbons (Fsp3) is 0.467. The highest BCUT2D eigenvalue weighted by Crippen LogP contribution is 2.21. The predicted octanol–water partition coefficient (Wildman–Crippen LogP) is 1.71. The Balaban J connectivity index is 1.63. The second-order valence-electron chi connectivity index (χ2n) is 5.12. The molecule has 1 aromatic rings. The van der Waals surface area contributed by atoms with Crippen LogP contribution in [0.4, 0.5) is 4.79 Å². The Kier molecular flexibility index (Phi) is 4.98. The van der Waals surface area contributed by atoms with E-state index in [2.05, 4.69) is 22.8 Å². The molecule has 0 saturated heterocycles. The number of rotatable bonds is 6. The molecule has 1 aliphatic carbocycles. The minimum absolute atomic E-state index is 0.154. The Morgan fingerprint density at radius 3 is 2.40 bits per heavy atom. The van der Waals surface area contributed by atoms with E-state index in [1.165, 1.54) is 11.1 Å². The van der Waals surface area contributed by atoms with Crippen molar-refractivity contribution in [3.05, 3.63) is 35.4 Å². The largest absolute Gasteiger partial charge is 0.481 e. The average Bonchev–Trinajstić information content (AvgIpc) is 2.79. The Morgan fingerprint density at radius 1 is 1.15 bits per heavy atom. The fourth-order valence-corrected chi connectivity index (χ4v) is 2.50. The molecular formula is C15H20N2O3. The molecule has 0 bridgehead atoms. The highest BCUT2D eigenvalue weighted by Gasteiger charge is 2.21. The first-order valence-electron chi connectivity index (χ1n) is 6.98. The Hall–Kier alpha value is -2.04. The maximum atomic E-state index is 11.7. The first-order valence-corrected chi connectivity index (χ1v) is 6.98. The van der Waals surface area contributed by atoms with Gasteiger partial charge in [-0.2, -0.15) is 0 Å². The molecule has 0 heterocycles. The van der Waals surface area contributed by atoms with Gasteiger partial charge in [0.05, 0.1) is 0 Å². The topological polar surface area (TPSA) is 78.4 Å². The van der Waals surface area contributed by atoms with Gasteiger partial charge in [-0.1, -0.05) is 24.3 Å². The number of benzene rings is 1. The van der Waals surface area contributed by atoms with E-state index in [9.17, 15) is 9.59 Å². The minimum atomic E-state index is -0.793. The predicted molar refractivity (Wildman–Crippen MR) is 75.7 cm³/mol. The molecule has 108 valence electrons. The molecule has 0 spiro atoms. The number of urea groups is 1. The molecule has 1 aromatic carbocycles. The number of hydrogen-bond acceptors (Lipinski definition) is 2. The van der Waals surface area contributed by atoms with Gasteiger partial charge in [-0.25, -0.2) is 4.79 Å². The Morgan fingerprint density at radius 2 is 1.80 bits per heavy atom. The summed E-state index contributed by atoms with van der Waals surface area (Å²) < 4.78 is 0. The van der Waals surface area contributed by atoms with E-state index in [1.807, 2.05) is 12.1 Å². The maximum absolute atomic E-state index is 11.7. The van der Waals surface area contributed by atoms with Crippen molar-refractivity contribution >= 4 is 12.0 Å². The zero-order chi connectivity index (χ0) is 14.4. The number of amides is 2. The van der Waals surface area contributed by atoms with Gasteiger partial charge in [0.1, 0.15) is 0 Å². The molecule has 0 fully saturated rings. The average molecular weight is 276 g/mol. The third kappa shape index (κ3) is 4.26. The van der Waals surface area contributed by atoms with Crippen LogP contribution in [0.25, 0.3) is 0 Å². The summed E-state index contributed by atoms with van der Waals surface area (Å²) in [6.45, 7) is 0.513. The molecule has 0 saturated carbocycles. The summed E-state index contributed by atoms with van der Waals surface area (Å²) in [5.41, 5.74) is 2.61. The Bertz CT molecular complexity index is 463. The van der Waals surface area contributed by atoms with Crippen LogP contribution in [0.1, 0.15) is 30.4 Å². The first-order chi connectivity index (χ1) is 9.65. The van der Waals surface area contributed by atoms with E-state index in [4.69, 9.17) is 5.11 Å². The van der Waals surface area contributed by atoms with Gasteiger partial charge in [0.15, 0.2) is 0 Å². The maximum Gasteiger partial charge on any atom is 0.315 e. The van der Waals surface area contributed by atoms with Crippen molar-refractivity contribution in [3.8, 4) is 0 Å². The number of carbonyl (C=O) groups is 2. The summed E-state index contributed by atoms with van der Waals surface area (Å²) in [5, 5.41) is 14.2. The normalized spacial score (nSPS) is 13.8. The Labute approximate surface area is 118 Å². The number of unbranched alkanes of at least 4 members (excludes halogenated alkanes) is 1. The first kappa shape index (κ1) is 14.4. The minimum Gasteiger partial charge on any atom is -0.481 e. The smallest absolute Gasteiger partial charge is 0.315 e. The highest BCUT2D eigenvalue weighted by molar-refractivity contribution is 5.74. The van der Waals surface area contributed by atoms with Crippen LogP contribution in [-0.4, -0.2) is 29.7 Å².